The van der Waals surface area contributed by atoms with Crippen molar-refractivity contribution in [2.24, 2.45) is 28.1 Å². The fraction of sp³-hybridized carbons (Fsp3) is 0.750. The average Bonchev–Trinajstić information content (AvgIpc) is 2.66. The molecule has 0 saturated heterocycles. The van der Waals surface area contributed by atoms with Crippen molar-refractivity contribution in [3.63, 3.8) is 0 Å². The zero-order valence-electron chi connectivity index (χ0n) is 13.8. The van der Waals surface area contributed by atoms with E-state index < -0.39 is 0 Å². The van der Waals surface area contributed by atoms with Crippen LogP contribution in [-0.4, -0.2) is 5.78 Å². The van der Waals surface area contributed by atoms with Crippen LogP contribution < -0.4 is 0 Å². The van der Waals surface area contributed by atoms with Crippen LogP contribution in [0.1, 0.15) is 65.7 Å². The van der Waals surface area contributed by atoms with Crippen molar-refractivity contribution in [1.82, 2.24) is 0 Å². The predicted molar refractivity (Wildman–Crippen MR) is 85.9 cm³/mol. The minimum Gasteiger partial charge on any atom is -0.294 e. The first-order chi connectivity index (χ1) is 9.79. The van der Waals surface area contributed by atoms with E-state index in [0.29, 0.717) is 16.6 Å². The number of carbonyl (C=O) groups excluding carboxylic acids is 1. The van der Waals surface area contributed by atoms with Gasteiger partial charge in [0.15, 0.2) is 5.78 Å². The summed E-state index contributed by atoms with van der Waals surface area (Å²) in [6.07, 6.45) is 10.8. The Kier molecular flexibility index (Phi) is 2.57. The van der Waals surface area contributed by atoms with Crippen LogP contribution in [0.25, 0.3) is 0 Å². The fourth-order valence-electron chi connectivity index (χ4n) is 6.74. The molecule has 1 heteroatoms. The standard InChI is InChI=1S/C20H28O/c1-13-11-20-9-6-16-18(2,3)7-5-8-19(16,4)17(20)10-15(21)14(13)12-20/h10,14,16H,1,5-9,11-12H2,2-4H3/t14-,16-,19-,20-/m1/s1. The van der Waals surface area contributed by atoms with Crippen molar-refractivity contribution in [3.8, 4) is 0 Å². The second kappa shape index (κ2) is 3.91. The zero-order chi connectivity index (χ0) is 15.0. The monoisotopic (exact) mass is 284 g/mol. The molecule has 0 N–H and O–H groups in total. The summed E-state index contributed by atoms with van der Waals surface area (Å²) in [6, 6.07) is 0. The summed E-state index contributed by atoms with van der Waals surface area (Å²) in [4.78, 5) is 12.6. The van der Waals surface area contributed by atoms with E-state index >= 15 is 0 Å². The van der Waals surface area contributed by atoms with Gasteiger partial charge in [0.1, 0.15) is 0 Å². The maximum absolute atomic E-state index is 12.6. The van der Waals surface area contributed by atoms with E-state index in [-0.39, 0.29) is 11.3 Å². The maximum atomic E-state index is 12.6. The first kappa shape index (κ1) is 13.8. The molecule has 0 unspecified atom stereocenters. The van der Waals surface area contributed by atoms with E-state index in [0.717, 1.165) is 18.8 Å². The number of ketones is 1. The van der Waals surface area contributed by atoms with Crippen LogP contribution in [0, 0.1) is 28.1 Å². The lowest BCUT2D eigenvalue weighted by Gasteiger charge is -2.60. The molecule has 21 heavy (non-hydrogen) atoms. The molecule has 0 heterocycles. The van der Waals surface area contributed by atoms with E-state index in [1.807, 2.05) is 0 Å². The molecule has 114 valence electrons. The predicted octanol–water partition coefficient (Wildman–Crippen LogP) is 5.07. The summed E-state index contributed by atoms with van der Waals surface area (Å²) in [7, 11) is 0. The van der Waals surface area contributed by atoms with Crippen LogP contribution >= 0.6 is 0 Å². The Bertz CT molecular complexity index is 566. The zero-order valence-corrected chi connectivity index (χ0v) is 13.8. The fourth-order valence-corrected chi connectivity index (χ4v) is 6.74. The Morgan fingerprint density at radius 1 is 1.19 bits per heavy atom. The van der Waals surface area contributed by atoms with E-state index in [2.05, 4.69) is 33.4 Å². The topological polar surface area (TPSA) is 17.1 Å². The molecular formula is C20H28O. The molecule has 4 aliphatic rings. The molecule has 0 aromatic heterocycles. The SMILES string of the molecule is C=C1C[C@@]23CC[C@@H]4C(C)(C)CCC[C@@]4(C)C2=CC(=O)[C@@H]1C3. The van der Waals surface area contributed by atoms with Gasteiger partial charge in [0.05, 0.1) is 0 Å². The van der Waals surface area contributed by atoms with Crippen LogP contribution in [0.2, 0.25) is 0 Å². The number of hydrogen-bond donors (Lipinski definition) is 0. The highest BCUT2D eigenvalue weighted by Crippen LogP contribution is 2.69. The quantitative estimate of drug-likeness (QED) is 0.567. The lowest BCUT2D eigenvalue weighted by atomic mass is 9.44. The number of rotatable bonds is 0. The highest BCUT2D eigenvalue weighted by atomic mass is 16.1. The van der Waals surface area contributed by atoms with Gasteiger partial charge in [-0.05, 0) is 66.8 Å². The van der Waals surface area contributed by atoms with Crippen molar-refractivity contribution in [2.75, 3.05) is 0 Å². The molecule has 4 rings (SSSR count). The summed E-state index contributed by atoms with van der Waals surface area (Å²) in [5, 5.41) is 0. The van der Waals surface area contributed by atoms with Gasteiger partial charge in [0.25, 0.3) is 0 Å². The number of allylic oxidation sites excluding steroid dienone is 3. The van der Waals surface area contributed by atoms with Crippen LogP contribution in [0.4, 0.5) is 0 Å². The number of fused-ring (bicyclic) bond motifs is 3. The van der Waals surface area contributed by atoms with Crippen LogP contribution in [0.15, 0.2) is 23.8 Å². The summed E-state index contributed by atoms with van der Waals surface area (Å²) in [5.74, 6) is 1.24. The van der Waals surface area contributed by atoms with Crippen LogP contribution in [-0.2, 0) is 4.79 Å². The number of carbonyl (C=O) groups is 1. The van der Waals surface area contributed by atoms with Crippen LogP contribution in [0.3, 0.4) is 0 Å². The van der Waals surface area contributed by atoms with E-state index in [1.165, 1.54) is 43.3 Å². The van der Waals surface area contributed by atoms with Gasteiger partial charge in [-0.25, -0.2) is 0 Å². The highest BCUT2D eigenvalue weighted by Gasteiger charge is 2.61. The molecule has 0 radical (unpaired) electrons. The molecule has 2 bridgehead atoms. The lowest BCUT2D eigenvalue weighted by Crippen LogP contribution is -2.51. The molecule has 0 aliphatic heterocycles. The molecule has 0 aromatic carbocycles. The minimum absolute atomic E-state index is 0.144. The van der Waals surface area contributed by atoms with E-state index in [4.69, 9.17) is 0 Å². The van der Waals surface area contributed by atoms with Gasteiger partial charge in [0, 0.05) is 5.92 Å². The Morgan fingerprint density at radius 2 is 1.95 bits per heavy atom. The summed E-state index contributed by atoms with van der Waals surface area (Å²) in [6.45, 7) is 11.6. The molecule has 3 fully saturated rings. The Balaban J connectivity index is 1.85. The van der Waals surface area contributed by atoms with Crippen LogP contribution in [0.5, 0.6) is 0 Å². The first-order valence-electron chi connectivity index (χ1n) is 8.73. The first-order valence-corrected chi connectivity index (χ1v) is 8.73. The molecule has 3 saturated carbocycles. The van der Waals surface area contributed by atoms with Gasteiger partial charge < -0.3 is 0 Å². The summed E-state index contributed by atoms with van der Waals surface area (Å²) < 4.78 is 0. The highest BCUT2D eigenvalue weighted by molar-refractivity contribution is 5.97. The summed E-state index contributed by atoms with van der Waals surface area (Å²) in [5.41, 5.74) is 3.71. The molecule has 4 aliphatic carbocycles. The van der Waals surface area contributed by atoms with Gasteiger partial charge >= 0.3 is 0 Å². The van der Waals surface area contributed by atoms with Gasteiger partial charge in [-0.3, -0.25) is 4.79 Å². The van der Waals surface area contributed by atoms with Crippen molar-refractivity contribution in [3.05, 3.63) is 23.8 Å². The summed E-state index contributed by atoms with van der Waals surface area (Å²) >= 11 is 0. The van der Waals surface area contributed by atoms with Gasteiger partial charge in [-0.2, -0.15) is 0 Å². The Labute approximate surface area is 128 Å². The minimum atomic E-state index is 0.144. The normalized spacial score (nSPS) is 47.7. The second-order valence-electron chi connectivity index (χ2n) is 9.18. The lowest BCUT2D eigenvalue weighted by molar-refractivity contribution is -0.119. The van der Waals surface area contributed by atoms with E-state index in [1.54, 1.807) is 0 Å². The third kappa shape index (κ3) is 1.61. The van der Waals surface area contributed by atoms with Gasteiger partial charge in [0.2, 0.25) is 0 Å². The van der Waals surface area contributed by atoms with Crippen molar-refractivity contribution in [2.45, 2.75) is 65.7 Å². The molecular weight excluding hydrogens is 256 g/mol. The third-order valence-corrected chi connectivity index (χ3v) is 7.61. The molecule has 1 nitrogen and oxygen atoms in total. The van der Waals surface area contributed by atoms with Crippen molar-refractivity contribution >= 4 is 5.78 Å². The average molecular weight is 284 g/mol. The Morgan fingerprint density at radius 3 is 2.71 bits per heavy atom. The van der Waals surface area contributed by atoms with Crippen molar-refractivity contribution < 1.29 is 4.79 Å². The number of hydrogen-bond acceptors (Lipinski definition) is 1. The third-order valence-electron chi connectivity index (χ3n) is 7.61. The van der Waals surface area contributed by atoms with Gasteiger partial charge in [-0.15, -0.1) is 0 Å². The largest absolute Gasteiger partial charge is 0.294 e. The van der Waals surface area contributed by atoms with Crippen molar-refractivity contribution in [1.29, 1.82) is 0 Å². The maximum Gasteiger partial charge on any atom is 0.162 e. The van der Waals surface area contributed by atoms with Gasteiger partial charge in [-0.1, -0.05) is 44.9 Å². The molecule has 4 atom stereocenters. The molecule has 0 aromatic rings. The molecule has 0 amide bonds. The Hall–Kier alpha value is -0.850. The van der Waals surface area contributed by atoms with E-state index in [9.17, 15) is 4.79 Å². The molecule has 1 spiro atoms. The second-order valence-corrected chi connectivity index (χ2v) is 9.18. The smallest absolute Gasteiger partial charge is 0.162 e.